The minimum Gasteiger partial charge on any atom is -0.442 e. The molecular formula is C24H22N4O5S. The van der Waals surface area contributed by atoms with Gasteiger partial charge in [0, 0.05) is 25.1 Å². The van der Waals surface area contributed by atoms with Crippen molar-refractivity contribution in [2.45, 2.75) is 45.5 Å². The number of amides is 4. The number of piperidine rings is 1. The molecule has 0 aliphatic carbocycles. The molecule has 1 saturated heterocycles. The van der Waals surface area contributed by atoms with E-state index in [1.165, 1.54) is 16.2 Å². The van der Waals surface area contributed by atoms with Crippen LogP contribution in [0.25, 0.3) is 10.2 Å². The van der Waals surface area contributed by atoms with Gasteiger partial charge in [-0.05, 0) is 42.2 Å². The highest BCUT2D eigenvalue weighted by atomic mass is 32.1. The minimum absolute atomic E-state index is 0.0776. The molecule has 2 N–H and O–H groups in total. The largest absolute Gasteiger partial charge is 0.442 e. The second-order valence-corrected chi connectivity index (χ2v) is 9.44. The number of nitrogens with one attached hydrogen (secondary N) is 2. The van der Waals surface area contributed by atoms with Crippen LogP contribution in [0.4, 0.5) is 4.79 Å². The number of carbonyl (C=O) groups excluding carboxylic acids is 4. The van der Waals surface area contributed by atoms with Gasteiger partial charge in [-0.25, -0.2) is 9.78 Å². The second-order valence-electron chi connectivity index (χ2n) is 8.35. The van der Waals surface area contributed by atoms with Gasteiger partial charge in [-0.2, -0.15) is 0 Å². The third-order valence-electron chi connectivity index (χ3n) is 6.01. The van der Waals surface area contributed by atoms with Crippen LogP contribution in [0.2, 0.25) is 0 Å². The van der Waals surface area contributed by atoms with Crippen LogP contribution in [0, 0.1) is 6.92 Å². The summed E-state index contributed by atoms with van der Waals surface area (Å²) >= 11 is 1.50. The molecule has 1 unspecified atom stereocenters. The van der Waals surface area contributed by atoms with Crippen molar-refractivity contribution in [3.05, 3.63) is 63.7 Å². The third-order valence-corrected chi connectivity index (χ3v) is 7.19. The van der Waals surface area contributed by atoms with Crippen molar-refractivity contribution in [3.63, 3.8) is 0 Å². The van der Waals surface area contributed by atoms with Gasteiger partial charge >= 0.3 is 6.09 Å². The molecule has 5 rings (SSSR count). The van der Waals surface area contributed by atoms with Crippen molar-refractivity contribution in [3.8, 4) is 0 Å². The lowest BCUT2D eigenvalue weighted by Gasteiger charge is -2.29. The smallest absolute Gasteiger partial charge is 0.407 e. The molecule has 0 saturated carbocycles. The molecule has 0 radical (unpaired) electrons. The molecule has 1 atom stereocenters. The summed E-state index contributed by atoms with van der Waals surface area (Å²) in [6.07, 6.45) is -0.0449. The molecule has 9 nitrogen and oxygen atoms in total. The molecular weight excluding hydrogens is 456 g/mol. The number of aromatic nitrogens is 1. The van der Waals surface area contributed by atoms with Crippen LogP contribution in [-0.4, -0.2) is 39.7 Å². The minimum atomic E-state index is -0.652. The van der Waals surface area contributed by atoms with Crippen molar-refractivity contribution >= 4 is 45.4 Å². The number of hydrogen-bond donors (Lipinski definition) is 2. The average molecular weight is 479 g/mol. The van der Waals surface area contributed by atoms with Crippen molar-refractivity contribution in [2.24, 2.45) is 0 Å². The summed E-state index contributed by atoms with van der Waals surface area (Å²) in [7, 11) is 0. The van der Waals surface area contributed by atoms with Crippen LogP contribution in [0.1, 0.15) is 44.9 Å². The maximum atomic E-state index is 12.9. The predicted octanol–water partition coefficient (Wildman–Crippen LogP) is 2.79. The SMILES string of the molecule is Cc1cccc2nc(COC(=O)NCc3ccc4c(c3)C(=O)N(C3CCC(=O)NC3=O)C4)sc12. The van der Waals surface area contributed by atoms with Gasteiger partial charge in [-0.1, -0.05) is 24.3 Å². The Balaban J connectivity index is 1.17. The summed E-state index contributed by atoms with van der Waals surface area (Å²) in [5.74, 6) is -1.01. The molecule has 3 aromatic rings. The van der Waals surface area contributed by atoms with E-state index in [0.717, 1.165) is 31.9 Å². The number of aryl methyl sites for hydroxylation is 1. The third kappa shape index (κ3) is 4.24. The van der Waals surface area contributed by atoms with E-state index < -0.39 is 18.0 Å². The quantitative estimate of drug-likeness (QED) is 0.545. The fraction of sp³-hybridized carbons (Fsp3) is 0.292. The Kier molecular flexibility index (Phi) is 5.74. The Labute approximate surface area is 199 Å². The van der Waals surface area contributed by atoms with Crippen molar-refractivity contribution < 1.29 is 23.9 Å². The zero-order valence-electron chi connectivity index (χ0n) is 18.4. The van der Waals surface area contributed by atoms with Gasteiger partial charge < -0.3 is 15.0 Å². The molecule has 10 heteroatoms. The molecule has 1 fully saturated rings. The van der Waals surface area contributed by atoms with Crippen molar-refractivity contribution in [1.29, 1.82) is 0 Å². The second kappa shape index (κ2) is 8.86. The van der Waals surface area contributed by atoms with E-state index >= 15 is 0 Å². The maximum Gasteiger partial charge on any atom is 0.407 e. The van der Waals surface area contributed by atoms with Gasteiger partial charge in [0.25, 0.3) is 5.91 Å². The topological polar surface area (TPSA) is 118 Å². The van der Waals surface area contributed by atoms with Crippen LogP contribution in [0.15, 0.2) is 36.4 Å². The Bertz CT molecular complexity index is 1330. The standard InChI is InChI=1S/C24H22N4O5S/c1-13-3-2-4-17-21(13)34-20(26-17)12-33-24(32)25-10-14-5-6-15-11-28(23(31)16(15)9-14)18-7-8-19(29)27-22(18)30/h2-6,9,18H,7-8,10-12H2,1H3,(H,25,32)(H,27,29,30). The van der Waals surface area contributed by atoms with E-state index in [9.17, 15) is 19.2 Å². The number of imide groups is 1. The number of benzene rings is 2. The normalized spacial score (nSPS) is 17.6. The number of rotatable bonds is 5. The number of carbonyl (C=O) groups is 4. The Morgan fingerprint density at radius 1 is 1.26 bits per heavy atom. The van der Waals surface area contributed by atoms with Crippen molar-refractivity contribution in [1.82, 2.24) is 20.5 Å². The molecule has 1 aromatic heterocycles. The summed E-state index contributed by atoms with van der Waals surface area (Å²) in [6, 6.07) is 10.6. The summed E-state index contributed by atoms with van der Waals surface area (Å²) in [5, 5.41) is 5.71. The van der Waals surface area contributed by atoms with E-state index in [1.54, 1.807) is 6.07 Å². The molecule has 0 spiro atoms. The number of nitrogens with zero attached hydrogens (tertiary/aromatic N) is 2. The van der Waals surface area contributed by atoms with Crippen LogP contribution in [0.3, 0.4) is 0 Å². The van der Waals surface area contributed by atoms with Crippen LogP contribution in [0.5, 0.6) is 0 Å². The monoisotopic (exact) mass is 478 g/mol. The number of fused-ring (bicyclic) bond motifs is 2. The highest BCUT2D eigenvalue weighted by Crippen LogP contribution is 2.28. The van der Waals surface area contributed by atoms with Gasteiger partial charge in [0.1, 0.15) is 17.7 Å². The van der Waals surface area contributed by atoms with Gasteiger partial charge in [0.05, 0.1) is 10.2 Å². The highest BCUT2D eigenvalue weighted by molar-refractivity contribution is 7.18. The fourth-order valence-electron chi connectivity index (χ4n) is 4.26. The lowest BCUT2D eigenvalue weighted by Crippen LogP contribution is -2.52. The molecule has 34 heavy (non-hydrogen) atoms. The number of alkyl carbamates (subject to hydrolysis) is 1. The predicted molar refractivity (Wildman–Crippen MR) is 124 cm³/mol. The highest BCUT2D eigenvalue weighted by Gasteiger charge is 2.39. The first-order valence-electron chi connectivity index (χ1n) is 10.9. The maximum absolute atomic E-state index is 12.9. The lowest BCUT2D eigenvalue weighted by molar-refractivity contribution is -0.136. The van der Waals surface area contributed by atoms with E-state index in [1.807, 2.05) is 37.3 Å². The zero-order valence-corrected chi connectivity index (χ0v) is 19.2. The van der Waals surface area contributed by atoms with Crippen LogP contribution < -0.4 is 10.6 Å². The Morgan fingerprint density at radius 3 is 2.91 bits per heavy atom. The number of thiazole rings is 1. The lowest BCUT2D eigenvalue weighted by atomic mass is 10.0. The van der Waals surface area contributed by atoms with Gasteiger partial charge in [-0.15, -0.1) is 11.3 Å². The summed E-state index contributed by atoms with van der Waals surface area (Å²) in [4.78, 5) is 54.7. The number of ether oxygens (including phenoxy) is 1. The van der Waals surface area contributed by atoms with E-state index in [-0.39, 0.29) is 31.4 Å². The van der Waals surface area contributed by atoms with E-state index in [2.05, 4.69) is 15.6 Å². The average Bonchev–Trinajstić information content (AvgIpc) is 3.38. The molecule has 174 valence electrons. The van der Waals surface area contributed by atoms with E-state index in [4.69, 9.17) is 4.74 Å². The fourth-order valence-corrected chi connectivity index (χ4v) is 5.20. The first kappa shape index (κ1) is 22.0. The van der Waals surface area contributed by atoms with Crippen LogP contribution >= 0.6 is 11.3 Å². The Hall–Kier alpha value is -3.79. The molecule has 2 aliphatic heterocycles. The first-order chi connectivity index (χ1) is 16.4. The van der Waals surface area contributed by atoms with Crippen LogP contribution in [-0.2, 0) is 34.0 Å². The van der Waals surface area contributed by atoms with Gasteiger partial charge in [0.2, 0.25) is 11.8 Å². The first-order valence-corrected chi connectivity index (χ1v) is 11.7. The molecule has 2 aliphatic rings. The molecule has 0 bridgehead atoms. The van der Waals surface area contributed by atoms with Gasteiger partial charge in [-0.3, -0.25) is 19.7 Å². The summed E-state index contributed by atoms with van der Waals surface area (Å²) in [6.45, 7) is 2.60. The Morgan fingerprint density at radius 2 is 2.12 bits per heavy atom. The summed E-state index contributed by atoms with van der Waals surface area (Å²) < 4.78 is 6.38. The van der Waals surface area contributed by atoms with Gasteiger partial charge in [0.15, 0.2) is 0 Å². The van der Waals surface area contributed by atoms with E-state index in [0.29, 0.717) is 18.5 Å². The zero-order chi connectivity index (χ0) is 23.8. The number of hydrogen-bond acceptors (Lipinski definition) is 7. The van der Waals surface area contributed by atoms with Crippen molar-refractivity contribution in [2.75, 3.05) is 0 Å². The molecule has 4 amide bonds. The molecule has 2 aromatic carbocycles. The molecule has 3 heterocycles. The summed E-state index contributed by atoms with van der Waals surface area (Å²) in [5.41, 5.74) is 4.07.